The molecular weight excluding hydrogens is 304 g/mol. The Hall–Kier alpha value is -2.17. The molecule has 0 aromatic carbocycles. The van der Waals surface area contributed by atoms with Crippen molar-refractivity contribution in [1.82, 2.24) is 9.47 Å². The summed E-state index contributed by atoms with van der Waals surface area (Å²) in [4.78, 5) is 39.0. The molecule has 5 heteroatoms. The first-order chi connectivity index (χ1) is 11.5. The van der Waals surface area contributed by atoms with Crippen LogP contribution in [0.4, 0.5) is 0 Å². The van der Waals surface area contributed by atoms with Gasteiger partial charge in [-0.3, -0.25) is 19.3 Å². The number of aromatic nitrogens is 1. The number of Topliss-reactive ketones (excluding diaryl/α,β-unsaturated/α-hetero) is 1. The van der Waals surface area contributed by atoms with E-state index in [0.29, 0.717) is 24.4 Å². The molecule has 2 fully saturated rings. The lowest BCUT2D eigenvalue weighted by atomic mass is 9.85. The highest BCUT2D eigenvalue weighted by molar-refractivity contribution is 6.10. The number of nitrogens with zero attached hydrogens (tertiary/aromatic N) is 2. The summed E-state index contributed by atoms with van der Waals surface area (Å²) in [5.41, 5.74) is 2.68. The maximum absolute atomic E-state index is 12.8. The Bertz CT molecular complexity index is 744. The number of rotatable bonds is 4. The third-order valence-electron chi connectivity index (χ3n) is 5.60. The number of carbonyl (C=O) groups is 3. The standard InChI is InChI=1S/C19H22N2O3/c1-11-9-16(12(2)21(11)13-7-8-13)17(22)10-20-18(23)14-5-3-4-6-15(14)19(20)24/h3-4,9,13-15H,5-8,10H2,1-2H3/t14-,15-/m1/s1. The number of carbonyl (C=O) groups excluding carboxylic acids is 3. The Morgan fingerprint density at radius 3 is 2.21 bits per heavy atom. The van der Waals surface area contributed by atoms with Crippen molar-refractivity contribution < 1.29 is 14.4 Å². The molecule has 2 amide bonds. The predicted molar refractivity (Wildman–Crippen MR) is 88.6 cm³/mol. The summed E-state index contributed by atoms with van der Waals surface area (Å²) in [6.07, 6.45) is 7.45. The zero-order valence-electron chi connectivity index (χ0n) is 14.1. The van der Waals surface area contributed by atoms with E-state index in [1.54, 1.807) is 0 Å². The Labute approximate surface area is 141 Å². The van der Waals surface area contributed by atoms with Crippen LogP contribution in [0, 0.1) is 25.7 Å². The molecule has 1 saturated heterocycles. The number of amides is 2. The van der Waals surface area contributed by atoms with Crippen molar-refractivity contribution in [2.45, 2.75) is 45.6 Å². The Balaban J connectivity index is 1.55. The van der Waals surface area contributed by atoms with E-state index in [1.807, 2.05) is 32.1 Å². The minimum atomic E-state index is -0.269. The van der Waals surface area contributed by atoms with Crippen LogP contribution in [-0.4, -0.2) is 33.6 Å². The summed E-state index contributed by atoms with van der Waals surface area (Å²) in [6, 6.07) is 2.41. The van der Waals surface area contributed by atoms with Gasteiger partial charge < -0.3 is 4.57 Å². The molecule has 2 atom stereocenters. The van der Waals surface area contributed by atoms with Gasteiger partial charge in [0.2, 0.25) is 11.8 Å². The molecule has 0 spiro atoms. The first-order valence-corrected chi connectivity index (χ1v) is 8.71. The molecule has 1 aliphatic heterocycles. The molecule has 1 saturated carbocycles. The molecular formula is C19H22N2O3. The molecule has 0 radical (unpaired) electrons. The Morgan fingerprint density at radius 2 is 1.67 bits per heavy atom. The van der Waals surface area contributed by atoms with Crippen LogP contribution in [-0.2, 0) is 9.59 Å². The zero-order chi connectivity index (χ0) is 17.0. The van der Waals surface area contributed by atoms with Crippen molar-refractivity contribution in [3.8, 4) is 0 Å². The molecule has 4 rings (SSSR count). The van der Waals surface area contributed by atoms with Gasteiger partial charge in [-0.05, 0) is 45.6 Å². The highest BCUT2D eigenvalue weighted by atomic mass is 16.2. The first-order valence-electron chi connectivity index (χ1n) is 8.71. The molecule has 5 nitrogen and oxygen atoms in total. The fraction of sp³-hybridized carbons (Fsp3) is 0.526. The highest BCUT2D eigenvalue weighted by Crippen LogP contribution is 2.39. The van der Waals surface area contributed by atoms with Gasteiger partial charge in [0.1, 0.15) is 0 Å². The SMILES string of the molecule is Cc1cc(C(=O)CN2C(=O)[C@@H]3CC=CC[C@H]3C2=O)c(C)n1C1CC1. The number of hydrogen-bond donors (Lipinski definition) is 0. The minimum Gasteiger partial charge on any atom is -0.345 e. The Morgan fingerprint density at radius 1 is 1.08 bits per heavy atom. The van der Waals surface area contributed by atoms with Crippen molar-refractivity contribution in [2.75, 3.05) is 6.54 Å². The number of imide groups is 1. The molecule has 2 aliphatic carbocycles. The monoisotopic (exact) mass is 326 g/mol. The van der Waals surface area contributed by atoms with Gasteiger partial charge in [0.05, 0.1) is 18.4 Å². The smallest absolute Gasteiger partial charge is 0.233 e. The second kappa shape index (κ2) is 5.43. The van der Waals surface area contributed by atoms with Crippen molar-refractivity contribution >= 4 is 17.6 Å². The lowest BCUT2D eigenvalue weighted by molar-refractivity contribution is -0.139. The molecule has 3 aliphatic rings. The molecule has 1 aromatic heterocycles. The molecule has 126 valence electrons. The fourth-order valence-corrected chi connectivity index (χ4v) is 4.21. The highest BCUT2D eigenvalue weighted by Gasteiger charge is 2.47. The van der Waals surface area contributed by atoms with Gasteiger partial charge in [0.25, 0.3) is 0 Å². The van der Waals surface area contributed by atoms with Crippen molar-refractivity contribution in [3.63, 3.8) is 0 Å². The van der Waals surface area contributed by atoms with Crippen LogP contribution in [0.3, 0.4) is 0 Å². The van der Waals surface area contributed by atoms with E-state index < -0.39 is 0 Å². The van der Waals surface area contributed by atoms with E-state index >= 15 is 0 Å². The van der Waals surface area contributed by atoms with E-state index in [0.717, 1.165) is 24.2 Å². The van der Waals surface area contributed by atoms with Gasteiger partial charge in [-0.25, -0.2) is 0 Å². The quantitative estimate of drug-likeness (QED) is 0.485. The average Bonchev–Trinajstić information content (AvgIpc) is 3.32. The topological polar surface area (TPSA) is 59.4 Å². The third kappa shape index (κ3) is 2.26. The van der Waals surface area contributed by atoms with Crippen molar-refractivity contribution in [1.29, 1.82) is 0 Å². The second-order valence-corrected chi connectivity index (χ2v) is 7.23. The summed E-state index contributed by atoms with van der Waals surface area (Å²) in [5.74, 6) is -1.04. The normalized spacial score (nSPS) is 26.2. The molecule has 0 bridgehead atoms. The fourth-order valence-electron chi connectivity index (χ4n) is 4.21. The third-order valence-corrected chi connectivity index (χ3v) is 5.60. The van der Waals surface area contributed by atoms with Gasteiger partial charge in [0, 0.05) is 23.0 Å². The van der Waals surface area contributed by atoms with Gasteiger partial charge in [-0.1, -0.05) is 12.2 Å². The number of likely N-dealkylation sites (tertiary alicyclic amines) is 1. The minimum absolute atomic E-state index is 0.125. The van der Waals surface area contributed by atoms with E-state index in [1.165, 1.54) is 4.90 Å². The molecule has 0 unspecified atom stereocenters. The van der Waals surface area contributed by atoms with Crippen molar-refractivity contribution in [2.24, 2.45) is 11.8 Å². The first kappa shape index (κ1) is 15.4. The number of aryl methyl sites for hydroxylation is 1. The van der Waals surface area contributed by atoms with Gasteiger partial charge in [0.15, 0.2) is 5.78 Å². The van der Waals surface area contributed by atoms with E-state index in [-0.39, 0.29) is 36.0 Å². The molecule has 0 N–H and O–H groups in total. The summed E-state index contributed by atoms with van der Waals surface area (Å²) >= 11 is 0. The van der Waals surface area contributed by atoms with Crippen LogP contribution >= 0.6 is 0 Å². The van der Waals surface area contributed by atoms with Crippen LogP contribution in [0.15, 0.2) is 18.2 Å². The lowest BCUT2D eigenvalue weighted by Crippen LogP contribution is -2.36. The van der Waals surface area contributed by atoms with Gasteiger partial charge in [-0.15, -0.1) is 0 Å². The van der Waals surface area contributed by atoms with Crippen LogP contribution in [0.2, 0.25) is 0 Å². The van der Waals surface area contributed by atoms with Crippen LogP contribution in [0.1, 0.15) is 53.5 Å². The second-order valence-electron chi connectivity index (χ2n) is 7.23. The summed E-state index contributed by atoms with van der Waals surface area (Å²) in [7, 11) is 0. The van der Waals surface area contributed by atoms with Crippen LogP contribution in [0.25, 0.3) is 0 Å². The maximum Gasteiger partial charge on any atom is 0.233 e. The van der Waals surface area contributed by atoms with Crippen LogP contribution < -0.4 is 0 Å². The molecule has 2 heterocycles. The summed E-state index contributed by atoms with van der Waals surface area (Å²) < 4.78 is 2.21. The largest absolute Gasteiger partial charge is 0.345 e. The predicted octanol–water partition coefficient (Wildman–Crippen LogP) is 2.57. The average molecular weight is 326 g/mol. The summed E-state index contributed by atoms with van der Waals surface area (Å²) in [6.45, 7) is 3.84. The van der Waals surface area contributed by atoms with E-state index in [4.69, 9.17) is 0 Å². The van der Waals surface area contributed by atoms with E-state index in [2.05, 4.69) is 4.57 Å². The number of fused-ring (bicyclic) bond motifs is 1. The number of hydrogen-bond acceptors (Lipinski definition) is 3. The summed E-state index contributed by atoms with van der Waals surface area (Å²) in [5, 5.41) is 0. The van der Waals surface area contributed by atoms with Gasteiger partial charge in [-0.2, -0.15) is 0 Å². The van der Waals surface area contributed by atoms with Crippen molar-refractivity contribution in [3.05, 3.63) is 35.2 Å². The molecule has 24 heavy (non-hydrogen) atoms. The maximum atomic E-state index is 12.8. The Kier molecular flexibility index (Phi) is 3.48. The zero-order valence-corrected chi connectivity index (χ0v) is 14.1. The molecule has 1 aromatic rings. The number of allylic oxidation sites excluding steroid dienone is 2. The van der Waals surface area contributed by atoms with Gasteiger partial charge >= 0.3 is 0 Å². The lowest BCUT2D eigenvalue weighted by Gasteiger charge is -2.14. The van der Waals surface area contributed by atoms with E-state index in [9.17, 15) is 14.4 Å². The number of ketones is 1. The van der Waals surface area contributed by atoms with Crippen LogP contribution in [0.5, 0.6) is 0 Å².